The number of ether oxygens (including phenoxy) is 4. The van der Waals surface area contributed by atoms with Crippen molar-refractivity contribution in [2.75, 3.05) is 0 Å². The second kappa shape index (κ2) is 15.1. The summed E-state index contributed by atoms with van der Waals surface area (Å²) in [6.07, 6.45) is 6.33. The van der Waals surface area contributed by atoms with E-state index in [1.54, 1.807) is 114 Å². The van der Waals surface area contributed by atoms with Gasteiger partial charge in [0.15, 0.2) is 17.2 Å². The Balaban J connectivity index is 1.11. The molecule has 1 unspecified atom stereocenters. The summed E-state index contributed by atoms with van der Waals surface area (Å²) >= 11 is 6.16. The molecule has 6 aromatic rings. The van der Waals surface area contributed by atoms with Gasteiger partial charge in [0.05, 0.1) is 17.3 Å². The van der Waals surface area contributed by atoms with Gasteiger partial charge in [-0.3, -0.25) is 14.0 Å². The number of fused-ring (bicyclic) bond motifs is 2. The molecule has 0 saturated carbocycles. The van der Waals surface area contributed by atoms with E-state index < -0.39 is 28.2 Å². The first kappa shape index (κ1) is 41.6. The van der Waals surface area contributed by atoms with E-state index in [0.29, 0.717) is 58.7 Å². The second-order valence-corrected chi connectivity index (χ2v) is 17.3. The summed E-state index contributed by atoms with van der Waals surface area (Å²) in [5.74, 6) is -0.480. The summed E-state index contributed by atoms with van der Waals surface area (Å²) < 4.78 is 28.0. The van der Waals surface area contributed by atoms with Gasteiger partial charge in [-0.2, -0.15) is 9.61 Å². The molecule has 0 spiro atoms. The number of imidazole rings is 1. The van der Waals surface area contributed by atoms with Gasteiger partial charge in [-0.05, 0) is 133 Å². The van der Waals surface area contributed by atoms with Gasteiger partial charge in [0, 0.05) is 18.5 Å². The van der Waals surface area contributed by atoms with Gasteiger partial charge in [0.1, 0.15) is 56.2 Å². The lowest BCUT2D eigenvalue weighted by molar-refractivity contribution is -0.164. The Kier molecular flexibility index (Phi) is 10.3. The number of aryl methyl sites for hydroxylation is 2. The van der Waals surface area contributed by atoms with Crippen molar-refractivity contribution in [2.24, 2.45) is 0 Å². The Bertz CT molecular complexity index is 2820. The van der Waals surface area contributed by atoms with Crippen LogP contribution in [0.1, 0.15) is 90.5 Å². The molecule has 15 nitrogen and oxygen atoms in total. The highest BCUT2D eigenvalue weighted by atomic mass is 35.5. The van der Waals surface area contributed by atoms with Gasteiger partial charge in [0.25, 0.3) is 0 Å². The number of nitrogens with zero attached hydrogens (tertiary/aromatic N) is 7. The third kappa shape index (κ3) is 7.51. The largest absolute Gasteiger partial charge is 0.508 e. The fraction of sp³-hybridized carbons (Fsp3) is 0.356. The van der Waals surface area contributed by atoms with Gasteiger partial charge in [0.2, 0.25) is 0 Å². The van der Waals surface area contributed by atoms with Crippen molar-refractivity contribution in [2.45, 2.75) is 103 Å². The number of hydrogen-bond acceptors (Lipinski definition) is 13. The number of halogens is 1. The first-order valence-corrected chi connectivity index (χ1v) is 20.4. The summed E-state index contributed by atoms with van der Waals surface area (Å²) in [6, 6.07) is 16.1. The van der Waals surface area contributed by atoms with Crippen LogP contribution in [-0.4, -0.2) is 78.4 Å². The van der Waals surface area contributed by atoms with Crippen molar-refractivity contribution >= 4 is 45.6 Å². The van der Waals surface area contributed by atoms with Crippen molar-refractivity contribution in [3.63, 3.8) is 0 Å². The molecule has 2 aromatic carbocycles. The number of carbonyl (C=O) groups is 2. The van der Waals surface area contributed by atoms with Gasteiger partial charge in [-0.15, -0.1) is 5.10 Å². The van der Waals surface area contributed by atoms with Crippen LogP contribution in [-0.2, 0) is 31.9 Å². The molecule has 2 N–H and O–H groups in total. The molecule has 4 aromatic heterocycles. The molecule has 61 heavy (non-hydrogen) atoms. The van der Waals surface area contributed by atoms with Crippen LogP contribution in [0.3, 0.4) is 0 Å². The van der Waals surface area contributed by atoms with E-state index in [0.717, 1.165) is 5.56 Å². The smallest absolute Gasteiger partial charge is 0.344 e. The lowest BCUT2D eigenvalue weighted by Crippen LogP contribution is -2.51. The van der Waals surface area contributed by atoms with Crippen LogP contribution in [0.2, 0.25) is 5.15 Å². The van der Waals surface area contributed by atoms with E-state index in [2.05, 4.69) is 25.3 Å². The topological polar surface area (TPSA) is 185 Å². The van der Waals surface area contributed by atoms with Crippen molar-refractivity contribution in [1.29, 1.82) is 0 Å². The predicted molar refractivity (Wildman–Crippen MR) is 226 cm³/mol. The quantitative estimate of drug-likeness (QED) is 0.126. The van der Waals surface area contributed by atoms with Crippen molar-refractivity contribution in [3.05, 3.63) is 112 Å². The zero-order valence-electron chi connectivity index (χ0n) is 35.1. The van der Waals surface area contributed by atoms with Crippen LogP contribution in [0.15, 0.2) is 84.7 Å². The summed E-state index contributed by atoms with van der Waals surface area (Å²) in [7, 11) is 0. The van der Waals surface area contributed by atoms with E-state index in [1.807, 2.05) is 19.1 Å². The number of aromatic nitrogens is 7. The first-order chi connectivity index (χ1) is 28.8. The molecular weight excluding hydrogens is 802 g/mol. The first-order valence-electron chi connectivity index (χ1n) is 20.0. The molecule has 8 rings (SSSR count). The van der Waals surface area contributed by atoms with Gasteiger partial charge in [-0.25, -0.2) is 9.97 Å². The van der Waals surface area contributed by atoms with E-state index in [-0.39, 0.29) is 52.0 Å². The highest BCUT2D eigenvalue weighted by Gasteiger charge is 2.50. The maximum Gasteiger partial charge on any atom is 0.344 e. The van der Waals surface area contributed by atoms with E-state index >= 15 is 0 Å². The maximum atomic E-state index is 14.8. The van der Waals surface area contributed by atoms with Gasteiger partial charge < -0.3 is 29.2 Å². The Morgan fingerprint density at radius 3 is 2.08 bits per heavy atom. The number of carbonyl (C=O) groups excluding carboxylic acids is 2. The SMILES string of the molecule is CCc1ccc(Oc2nccc3nc(Cl)cn23)cc1C1=C(O)C(C)(C)OC(C)(CCCc2ccc(Oc3nnc4cccnn34)cc2C2=C(O)C(C)(C)OC(C)(C)C2=O)C1=O. The number of benzene rings is 2. The predicted octanol–water partition coefficient (Wildman–Crippen LogP) is 8.82. The third-order valence-electron chi connectivity index (χ3n) is 11.2. The van der Waals surface area contributed by atoms with Crippen molar-refractivity contribution < 1.29 is 38.7 Å². The van der Waals surface area contributed by atoms with Crippen LogP contribution in [0.4, 0.5) is 0 Å². The molecule has 2 aliphatic rings. The molecular formula is C45H46ClN7O8. The number of Topliss-reactive ketones (excluding diaryl/α,β-unsaturated/α-hetero) is 2. The summed E-state index contributed by atoms with van der Waals surface area (Å²) in [5.41, 5.74) is -1.28. The van der Waals surface area contributed by atoms with E-state index in [1.165, 1.54) is 4.52 Å². The zero-order valence-corrected chi connectivity index (χ0v) is 35.9. The minimum atomic E-state index is -1.38. The minimum Gasteiger partial charge on any atom is -0.508 e. The number of rotatable bonds is 11. The average Bonchev–Trinajstić information content (AvgIpc) is 3.80. The molecule has 0 bridgehead atoms. The summed E-state index contributed by atoms with van der Waals surface area (Å²) in [4.78, 5) is 37.5. The number of ketones is 2. The normalized spacial score (nSPS) is 19.9. The van der Waals surface area contributed by atoms with Crippen molar-refractivity contribution in [3.8, 4) is 23.5 Å². The van der Waals surface area contributed by atoms with Crippen LogP contribution in [0.25, 0.3) is 22.4 Å². The van der Waals surface area contributed by atoms with Gasteiger partial charge >= 0.3 is 12.0 Å². The molecule has 1 atom stereocenters. The van der Waals surface area contributed by atoms with E-state index in [4.69, 9.17) is 30.5 Å². The molecule has 316 valence electrons. The Hall–Kier alpha value is -6.16. The highest BCUT2D eigenvalue weighted by Crippen LogP contribution is 2.45. The van der Waals surface area contributed by atoms with E-state index in [9.17, 15) is 19.8 Å². The van der Waals surface area contributed by atoms with Crippen LogP contribution < -0.4 is 9.47 Å². The number of hydrogen-bond donors (Lipinski definition) is 2. The third-order valence-corrected chi connectivity index (χ3v) is 11.3. The Morgan fingerprint density at radius 2 is 1.38 bits per heavy atom. The van der Waals surface area contributed by atoms with Crippen molar-refractivity contribution in [1.82, 2.24) is 34.2 Å². The molecule has 6 heterocycles. The fourth-order valence-corrected chi connectivity index (χ4v) is 8.41. The molecule has 0 radical (unpaired) electrons. The molecule has 0 aliphatic carbocycles. The zero-order chi connectivity index (χ0) is 43.6. The maximum absolute atomic E-state index is 14.8. The van der Waals surface area contributed by atoms with Crippen LogP contribution in [0, 0.1) is 0 Å². The number of aliphatic hydroxyl groups is 2. The Morgan fingerprint density at radius 1 is 0.738 bits per heavy atom. The lowest BCUT2D eigenvalue weighted by atomic mass is 9.78. The lowest BCUT2D eigenvalue weighted by Gasteiger charge is -2.43. The molecule has 0 saturated heterocycles. The second-order valence-electron chi connectivity index (χ2n) is 16.9. The highest BCUT2D eigenvalue weighted by molar-refractivity contribution is 6.29. The monoisotopic (exact) mass is 847 g/mol. The Labute approximate surface area is 356 Å². The fourth-order valence-electron chi connectivity index (χ4n) is 8.22. The van der Waals surface area contributed by atoms with Crippen LogP contribution in [0.5, 0.6) is 23.5 Å². The molecule has 0 fully saturated rings. The number of aliphatic hydroxyl groups excluding tert-OH is 2. The summed E-state index contributed by atoms with van der Waals surface area (Å²) in [6.45, 7) is 13.9. The minimum absolute atomic E-state index is 0.107. The summed E-state index contributed by atoms with van der Waals surface area (Å²) in [5, 5.41) is 36.2. The molecule has 0 amide bonds. The standard InChI is InChI=1S/C45H46ClN7O8/c1-9-25-14-16-27(58-40-47-21-18-32-49-31(46)24-52(32)40)22-29(25)35-38(56)44(6,7)61-45(8,39(35)57)19-10-12-26-15-17-28(59-41-51-50-33-13-11-20-48-53(33)41)23-30(26)34-36(54)42(2,3)60-43(4,5)37(34)55/h11,13-18,20-24,54,56H,9-10,12,19H2,1-8H3. The van der Waals surface area contributed by atoms with Gasteiger partial charge in [-0.1, -0.05) is 35.8 Å². The van der Waals surface area contributed by atoms with Crippen LogP contribution >= 0.6 is 11.6 Å². The molecule has 2 aliphatic heterocycles. The molecule has 16 heteroatoms. The average molecular weight is 848 g/mol.